The van der Waals surface area contributed by atoms with Crippen molar-refractivity contribution in [3.63, 3.8) is 0 Å². The highest BCUT2D eigenvalue weighted by molar-refractivity contribution is 8.00. The number of thioether (sulfide) groups is 1. The van der Waals surface area contributed by atoms with Crippen molar-refractivity contribution in [1.29, 1.82) is 0 Å². The molecule has 0 aliphatic carbocycles. The number of halogens is 3. The summed E-state index contributed by atoms with van der Waals surface area (Å²) in [6.45, 7) is 1.93. The van der Waals surface area contributed by atoms with Gasteiger partial charge in [0.1, 0.15) is 0 Å². The largest absolute Gasteiger partial charge is 0.465 e. The lowest BCUT2D eigenvalue weighted by Gasteiger charge is -2.33. The Morgan fingerprint density at radius 3 is 1.97 bits per heavy atom. The molecule has 2 amide bonds. The molecule has 0 radical (unpaired) electrons. The molecule has 0 saturated carbocycles. The molecule has 0 bridgehead atoms. The molecule has 1 atom stereocenters. The van der Waals surface area contributed by atoms with Crippen molar-refractivity contribution in [2.75, 3.05) is 19.6 Å². The minimum absolute atomic E-state index is 0.110. The average molecular weight is 434 g/mol. The number of amides is 2. The van der Waals surface area contributed by atoms with E-state index in [1.165, 1.54) is 28.4 Å². The maximum Gasteiger partial charge on any atom is 0.446 e. The number of hydrogen-bond acceptors (Lipinski definition) is 3. The van der Waals surface area contributed by atoms with Gasteiger partial charge in [-0.2, -0.15) is 13.2 Å². The van der Waals surface area contributed by atoms with Gasteiger partial charge < -0.3 is 20.0 Å². The van der Waals surface area contributed by atoms with Gasteiger partial charge in [-0.15, -0.1) is 0 Å². The normalized spacial score (nSPS) is 19.9. The molecule has 162 valence electrons. The van der Waals surface area contributed by atoms with E-state index in [9.17, 15) is 22.8 Å². The molecule has 1 aromatic carbocycles. The van der Waals surface area contributed by atoms with Crippen molar-refractivity contribution < 1.29 is 33.0 Å². The Bertz CT molecular complexity index is 679. The molecule has 0 spiro atoms. The fourth-order valence-electron chi connectivity index (χ4n) is 3.48. The summed E-state index contributed by atoms with van der Waals surface area (Å²) in [7, 11) is 0. The molecule has 2 fully saturated rings. The fraction of sp³-hybridized carbons (Fsp3) is 0.579. The Labute approximate surface area is 171 Å². The number of hydrogen-bond donors (Lipinski definition) is 2. The van der Waals surface area contributed by atoms with Crippen LogP contribution in [0.4, 0.5) is 22.8 Å². The van der Waals surface area contributed by atoms with Gasteiger partial charge in [-0.1, -0.05) is 12.1 Å². The van der Waals surface area contributed by atoms with Gasteiger partial charge in [0.15, 0.2) is 0 Å². The molecule has 2 aliphatic heterocycles. The predicted octanol–water partition coefficient (Wildman–Crippen LogP) is 5.65. The predicted molar refractivity (Wildman–Crippen MR) is 103 cm³/mol. The van der Waals surface area contributed by atoms with E-state index in [4.69, 9.17) is 10.2 Å². The quantitative estimate of drug-likeness (QED) is 0.588. The van der Waals surface area contributed by atoms with Crippen LogP contribution in [0, 0.1) is 0 Å². The molecule has 0 aromatic heterocycles. The van der Waals surface area contributed by atoms with Gasteiger partial charge in [0.2, 0.25) is 0 Å². The monoisotopic (exact) mass is 434 g/mol. The highest BCUT2D eigenvalue weighted by atomic mass is 32.2. The molecule has 1 unspecified atom stereocenters. The number of alkyl halides is 3. The number of likely N-dealkylation sites (tertiary alicyclic amines) is 2. The van der Waals surface area contributed by atoms with E-state index in [1.807, 2.05) is 0 Å². The van der Waals surface area contributed by atoms with Crippen molar-refractivity contribution in [2.24, 2.45) is 0 Å². The van der Waals surface area contributed by atoms with Gasteiger partial charge in [0.05, 0.1) is 6.04 Å². The van der Waals surface area contributed by atoms with Gasteiger partial charge in [-0.3, -0.25) is 0 Å². The van der Waals surface area contributed by atoms with E-state index in [0.717, 1.165) is 44.3 Å². The van der Waals surface area contributed by atoms with E-state index in [-0.39, 0.29) is 22.7 Å². The minimum Gasteiger partial charge on any atom is -0.465 e. The summed E-state index contributed by atoms with van der Waals surface area (Å²) in [6.07, 6.45) is 3.96. The Hall–Kier alpha value is -2.10. The van der Waals surface area contributed by atoms with Crippen molar-refractivity contribution in [3.05, 3.63) is 29.8 Å². The van der Waals surface area contributed by atoms with E-state index < -0.39 is 17.7 Å². The van der Waals surface area contributed by atoms with Crippen LogP contribution >= 0.6 is 11.8 Å². The zero-order valence-electron chi connectivity index (χ0n) is 15.9. The maximum absolute atomic E-state index is 12.2. The molecule has 3 rings (SSSR count). The standard InChI is InChI=1S/C13H14F3NO2S.C6H11NO2/c14-13(15,16)20-10-6-4-9(5-7-10)11-3-1-2-8-17(11)12(18)19;8-6(9)7-4-2-1-3-5-7/h4-7,11H,1-3,8H2,(H,18,19);1-5H2,(H,8,9). The van der Waals surface area contributed by atoms with Crippen molar-refractivity contribution in [1.82, 2.24) is 9.80 Å². The summed E-state index contributed by atoms with van der Waals surface area (Å²) >= 11 is -0.167. The van der Waals surface area contributed by atoms with Crippen LogP contribution in [0.25, 0.3) is 0 Å². The smallest absolute Gasteiger partial charge is 0.446 e. The fourth-order valence-corrected chi connectivity index (χ4v) is 4.02. The number of carboxylic acid groups (broad SMARTS) is 2. The van der Waals surface area contributed by atoms with E-state index in [2.05, 4.69) is 0 Å². The summed E-state index contributed by atoms with van der Waals surface area (Å²) in [5, 5.41) is 17.6. The van der Waals surface area contributed by atoms with E-state index >= 15 is 0 Å². The lowest BCUT2D eigenvalue weighted by Crippen LogP contribution is -2.37. The molecule has 2 saturated heterocycles. The van der Waals surface area contributed by atoms with Crippen LogP contribution < -0.4 is 0 Å². The summed E-state index contributed by atoms with van der Waals surface area (Å²) in [6, 6.07) is 5.69. The summed E-state index contributed by atoms with van der Waals surface area (Å²) in [5.41, 5.74) is -3.56. The van der Waals surface area contributed by atoms with Crippen LogP contribution in [0.3, 0.4) is 0 Å². The first-order valence-corrected chi connectivity index (χ1v) is 10.3. The highest BCUT2D eigenvalue weighted by Gasteiger charge is 2.30. The number of benzene rings is 1. The number of rotatable bonds is 2. The molecule has 2 aliphatic rings. The molecule has 10 heteroatoms. The first kappa shape index (κ1) is 23.2. The summed E-state index contributed by atoms with van der Waals surface area (Å²) in [4.78, 5) is 24.4. The molecular weight excluding hydrogens is 409 g/mol. The molecule has 29 heavy (non-hydrogen) atoms. The SMILES string of the molecule is O=C(O)N1CCCCC1.O=C(O)N1CCCCC1c1ccc(SC(F)(F)F)cc1. The second-order valence-electron chi connectivity index (χ2n) is 6.93. The lowest BCUT2D eigenvalue weighted by atomic mass is 9.96. The first-order valence-electron chi connectivity index (χ1n) is 9.50. The van der Waals surface area contributed by atoms with Crippen molar-refractivity contribution in [3.8, 4) is 0 Å². The molecule has 6 nitrogen and oxygen atoms in total. The lowest BCUT2D eigenvalue weighted by molar-refractivity contribution is -0.0328. The maximum atomic E-state index is 12.2. The van der Waals surface area contributed by atoms with Crippen LogP contribution in [-0.2, 0) is 0 Å². The summed E-state index contributed by atoms with van der Waals surface area (Å²) in [5.74, 6) is 0. The second-order valence-corrected chi connectivity index (χ2v) is 8.07. The third-order valence-corrected chi connectivity index (χ3v) is 5.61. The van der Waals surface area contributed by atoms with Crippen LogP contribution in [-0.4, -0.2) is 57.3 Å². The minimum atomic E-state index is -4.31. The van der Waals surface area contributed by atoms with Gasteiger partial charge in [-0.25, -0.2) is 9.59 Å². The zero-order chi connectivity index (χ0) is 21.4. The Morgan fingerprint density at radius 2 is 1.48 bits per heavy atom. The Morgan fingerprint density at radius 1 is 0.897 bits per heavy atom. The number of piperidine rings is 2. The molecular formula is C19H25F3N2O4S. The van der Waals surface area contributed by atoms with Gasteiger partial charge >= 0.3 is 17.7 Å². The zero-order valence-corrected chi connectivity index (χ0v) is 16.7. The highest BCUT2D eigenvalue weighted by Crippen LogP contribution is 2.38. The Kier molecular flexibility index (Phi) is 8.48. The van der Waals surface area contributed by atoms with Crippen LogP contribution in [0.15, 0.2) is 29.2 Å². The van der Waals surface area contributed by atoms with Crippen LogP contribution in [0.2, 0.25) is 0 Å². The van der Waals surface area contributed by atoms with Crippen LogP contribution in [0.1, 0.15) is 50.1 Å². The Balaban J connectivity index is 0.000000278. The van der Waals surface area contributed by atoms with Gasteiger partial charge in [-0.05, 0) is 68.0 Å². The third-order valence-electron chi connectivity index (χ3n) is 4.87. The van der Waals surface area contributed by atoms with Gasteiger partial charge in [0.25, 0.3) is 0 Å². The number of carbonyl (C=O) groups is 2. The van der Waals surface area contributed by atoms with E-state index in [1.54, 1.807) is 12.1 Å². The summed E-state index contributed by atoms with van der Waals surface area (Å²) < 4.78 is 36.7. The molecule has 2 N–H and O–H groups in total. The first-order chi connectivity index (χ1) is 13.7. The van der Waals surface area contributed by atoms with Crippen LogP contribution in [0.5, 0.6) is 0 Å². The molecule has 1 aromatic rings. The van der Waals surface area contributed by atoms with Crippen molar-refractivity contribution in [2.45, 2.75) is 55.0 Å². The van der Waals surface area contributed by atoms with Crippen molar-refractivity contribution >= 4 is 23.9 Å². The topological polar surface area (TPSA) is 81.1 Å². The van der Waals surface area contributed by atoms with Gasteiger partial charge in [0, 0.05) is 24.5 Å². The molecule has 2 heterocycles. The van der Waals surface area contributed by atoms with E-state index in [0.29, 0.717) is 13.0 Å². The average Bonchev–Trinajstić information content (AvgIpc) is 2.68. The third kappa shape index (κ3) is 7.68. The second kappa shape index (κ2) is 10.6. The number of nitrogens with zero attached hydrogens (tertiary/aromatic N) is 2.